The molecule has 3 unspecified atom stereocenters. The summed E-state index contributed by atoms with van der Waals surface area (Å²) in [5, 5.41) is 3.14. The van der Waals surface area contributed by atoms with E-state index in [1.165, 1.54) is 18.4 Å². The normalized spacial score (nSPS) is 26.5. The molecule has 1 N–H and O–H groups in total. The number of hydrogen-bond donors (Lipinski definition) is 1. The average Bonchev–Trinajstić information content (AvgIpc) is 2.45. The van der Waals surface area contributed by atoms with E-state index in [1.807, 2.05) is 18.2 Å². The van der Waals surface area contributed by atoms with Crippen LogP contribution in [0.1, 0.15) is 45.6 Å². The summed E-state index contributed by atoms with van der Waals surface area (Å²) in [5.41, 5.74) is 1.17. The Hall–Kier alpha value is -1.31. The first-order valence-electron chi connectivity index (χ1n) is 7.89. The van der Waals surface area contributed by atoms with Gasteiger partial charge in [-0.3, -0.25) is 4.79 Å². The monoisotopic (exact) mass is 273 g/mol. The molecule has 1 fully saturated rings. The van der Waals surface area contributed by atoms with Crippen LogP contribution >= 0.6 is 0 Å². The largest absolute Gasteiger partial charge is 0.352 e. The minimum absolute atomic E-state index is 0.197. The molecule has 20 heavy (non-hydrogen) atoms. The fraction of sp³-hybridized carbons (Fsp3) is 0.611. The van der Waals surface area contributed by atoms with Gasteiger partial charge in [-0.15, -0.1) is 0 Å². The van der Waals surface area contributed by atoms with Crippen LogP contribution in [0.3, 0.4) is 0 Å². The van der Waals surface area contributed by atoms with Gasteiger partial charge in [0.1, 0.15) is 0 Å². The number of benzene rings is 1. The van der Waals surface area contributed by atoms with Crippen molar-refractivity contribution in [3.8, 4) is 0 Å². The fourth-order valence-electron chi connectivity index (χ4n) is 3.42. The van der Waals surface area contributed by atoms with E-state index in [1.54, 1.807) is 0 Å². The van der Waals surface area contributed by atoms with Gasteiger partial charge in [-0.2, -0.15) is 0 Å². The highest BCUT2D eigenvalue weighted by Gasteiger charge is 2.35. The predicted octanol–water partition coefficient (Wildman–Crippen LogP) is 4.01. The maximum atomic E-state index is 12.5. The third kappa shape index (κ3) is 3.84. The topological polar surface area (TPSA) is 29.1 Å². The molecule has 0 spiro atoms. The van der Waals surface area contributed by atoms with Gasteiger partial charge >= 0.3 is 0 Å². The van der Waals surface area contributed by atoms with Crippen molar-refractivity contribution in [2.45, 2.75) is 46.6 Å². The van der Waals surface area contributed by atoms with E-state index in [0.29, 0.717) is 24.3 Å². The van der Waals surface area contributed by atoms with E-state index in [9.17, 15) is 4.79 Å². The molecular formula is C18H27NO. The molecule has 0 aromatic heterocycles. The highest BCUT2D eigenvalue weighted by atomic mass is 16.1. The van der Waals surface area contributed by atoms with E-state index in [-0.39, 0.29) is 11.8 Å². The summed E-state index contributed by atoms with van der Waals surface area (Å²) in [4.78, 5) is 12.5. The Labute approximate surface area is 123 Å². The molecule has 0 saturated heterocycles. The zero-order chi connectivity index (χ0) is 14.5. The first kappa shape index (κ1) is 15.1. The number of carbonyl (C=O) groups excluding carboxylic acids is 1. The van der Waals surface area contributed by atoms with Crippen LogP contribution < -0.4 is 5.32 Å². The molecule has 0 radical (unpaired) electrons. The molecule has 1 aromatic carbocycles. The highest BCUT2D eigenvalue weighted by molar-refractivity contribution is 5.79. The average molecular weight is 273 g/mol. The third-order valence-corrected chi connectivity index (χ3v) is 4.67. The smallest absolute Gasteiger partial charge is 0.223 e. The summed E-state index contributed by atoms with van der Waals surface area (Å²) >= 11 is 0. The van der Waals surface area contributed by atoms with Crippen molar-refractivity contribution >= 4 is 5.91 Å². The molecule has 0 heterocycles. The lowest BCUT2D eigenvalue weighted by Crippen LogP contribution is -2.39. The Bertz CT molecular complexity index is 426. The summed E-state index contributed by atoms with van der Waals surface area (Å²) < 4.78 is 0. The van der Waals surface area contributed by atoms with Gasteiger partial charge in [0.25, 0.3) is 0 Å². The Morgan fingerprint density at radius 1 is 1.25 bits per heavy atom. The van der Waals surface area contributed by atoms with Gasteiger partial charge in [-0.1, -0.05) is 57.5 Å². The molecular weight excluding hydrogens is 246 g/mol. The molecule has 1 aromatic rings. The fourth-order valence-corrected chi connectivity index (χ4v) is 3.42. The van der Waals surface area contributed by atoms with Crippen molar-refractivity contribution in [3.05, 3.63) is 35.9 Å². The summed E-state index contributed by atoms with van der Waals surface area (Å²) in [6.07, 6.45) is 3.51. The SMILES string of the molecule is CC1CCC(C(C)C)C(C(=O)NCc2ccccc2)C1. The summed E-state index contributed by atoms with van der Waals surface area (Å²) in [6.45, 7) is 7.42. The second kappa shape index (κ2) is 6.92. The predicted molar refractivity (Wildman–Crippen MR) is 83.1 cm³/mol. The lowest BCUT2D eigenvalue weighted by Gasteiger charge is -2.36. The van der Waals surface area contributed by atoms with Gasteiger partial charge < -0.3 is 5.32 Å². The van der Waals surface area contributed by atoms with Crippen LogP contribution in [0.4, 0.5) is 0 Å². The second-order valence-electron chi connectivity index (χ2n) is 6.64. The lowest BCUT2D eigenvalue weighted by molar-refractivity contribution is -0.129. The number of carbonyl (C=O) groups is 1. The lowest BCUT2D eigenvalue weighted by atomic mass is 9.70. The molecule has 1 amide bonds. The number of nitrogens with one attached hydrogen (secondary N) is 1. The van der Waals surface area contributed by atoms with Crippen molar-refractivity contribution in [3.63, 3.8) is 0 Å². The Balaban J connectivity index is 1.95. The number of rotatable bonds is 4. The van der Waals surface area contributed by atoms with Crippen LogP contribution in [0.2, 0.25) is 0 Å². The Morgan fingerprint density at radius 2 is 1.95 bits per heavy atom. The summed E-state index contributed by atoms with van der Waals surface area (Å²) in [7, 11) is 0. The van der Waals surface area contributed by atoms with E-state index in [4.69, 9.17) is 0 Å². The minimum atomic E-state index is 0.197. The van der Waals surface area contributed by atoms with Gasteiger partial charge in [0.15, 0.2) is 0 Å². The molecule has 110 valence electrons. The standard InChI is InChI=1S/C18H27NO/c1-13(2)16-10-9-14(3)11-17(16)18(20)19-12-15-7-5-4-6-8-15/h4-8,13-14,16-17H,9-12H2,1-3H3,(H,19,20). The molecule has 1 saturated carbocycles. The molecule has 3 atom stereocenters. The molecule has 2 rings (SSSR count). The van der Waals surface area contributed by atoms with Gasteiger partial charge in [0.05, 0.1) is 0 Å². The van der Waals surface area contributed by atoms with Crippen LogP contribution in [-0.4, -0.2) is 5.91 Å². The van der Waals surface area contributed by atoms with E-state index >= 15 is 0 Å². The first-order chi connectivity index (χ1) is 9.58. The van der Waals surface area contributed by atoms with Crippen LogP contribution in [-0.2, 0) is 11.3 Å². The molecule has 1 aliphatic carbocycles. The van der Waals surface area contributed by atoms with Gasteiger partial charge in [-0.05, 0) is 36.2 Å². The van der Waals surface area contributed by atoms with Crippen LogP contribution in [0.25, 0.3) is 0 Å². The zero-order valence-electron chi connectivity index (χ0n) is 12.9. The zero-order valence-corrected chi connectivity index (χ0v) is 12.9. The van der Waals surface area contributed by atoms with E-state index in [0.717, 1.165) is 6.42 Å². The second-order valence-corrected chi connectivity index (χ2v) is 6.64. The summed E-state index contributed by atoms with van der Waals surface area (Å²) in [6, 6.07) is 10.2. The highest BCUT2D eigenvalue weighted by Crippen LogP contribution is 2.38. The van der Waals surface area contributed by atoms with Crippen LogP contribution in [0, 0.1) is 23.7 Å². The molecule has 2 heteroatoms. The molecule has 0 bridgehead atoms. The van der Waals surface area contributed by atoms with Gasteiger partial charge in [0, 0.05) is 12.5 Å². The van der Waals surface area contributed by atoms with Crippen LogP contribution in [0.5, 0.6) is 0 Å². The van der Waals surface area contributed by atoms with E-state index in [2.05, 4.69) is 38.2 Å². The Kier molecular flexibility index (Phi) is 5.22. The minimum Gasteiger partial charge on any atom is -0.352 e. The van der Waals surface area contributed by atoms with Gasteiger partial charge in [0.2, 0.25) is 5.91 Å². The molecule has 1 aliphatic rings. The molecule has 2 nitrogen and oxygen atoms in total. The van der Waals surface area contributed by atoms with Crippen molar-refractivity contribution < 1.29 is 4.79 Å². The number of amides is 1. The van der Waals surface area contributed by atoms with Crippen molar-refractivity contribution in [2.24, 2.45) is 23.7 Å². The van der Waals surface area contributed by atoms with Crippen LogP contribution in [0.15, 0.2) is 30.3 Å². The maximum Gasteiger partial charge on any atom is 0.223 e. The third-order valence-electron chi connectivity index (χ3n) is 4.67. The maximum absolute atomic E-state index is 12.5. The first-order valence-corrected chi connectivity index (χ1v) is 7.89. The number of hydrogen-bond acceptors (Lipinski definition) is 1. The summed E-state index contributed by atoms with van der Waals surface area (Å²) in [5.74, 6) is 2.26. The van der Waals surface area contributed by atoms with Crippen molar-refractivity contribution in [1.29, 1.82) is 0 Å². The van der Waals surface area contributed by atoms with Crippen molar-refractivity contribution in [2.75, 3.05) is 0 Å². The molecule has 0 aliphatic heterocycles. The Morgan fingerprint density at radius 3 is 2.60 bits per heavy atom. The van der Waals surface area contributed by atoms with Crippen molar-refractivity contribution in [1.82, 2.24) is 5.32 Å². The quantitative estimate of drug-likeness (QED) is 0.882. The van der Waals surface area contributed by atoms with E-state index < -0.39 is 0 Å². The van der Waals surface area contributed by atoms with Gasteiger partial charge in [-0.25, -0.2) is 0 Å².